The number of benzene rings is 2. The van der Waals surface area contributed by atoms with Gasteiger partial charge in [0, 0.05) is 31.9 Å². The third-order valence-electron chi connectivity index (χ3n) is 9.22. The molecule has 1 unspecified atom stereocenters. The fourth-order valence-electron chi connectivity index (χ4n) is 7.34. The van der Waals surface area contributed by atoms with Crippen LogP contribution in [-0.4, -0.2) is 77.8 Å². The lowest BCUT2D eigenvalue weighted by Crippen LogP contribution is -2.56. The average molecular weight is 620 g/mol. The van der Waals surface area contributed by atoms with E-state index in [-0.39, 0.29) is 30.9 Å². The summed E-state index contributed by atoms with van der Waals surface area (Å²) in [4.78, 5) is 48.6. The zero-order chi connectivity index (χ0) is 31.1. The van der Waals surface area contributed by atoms with Crippen molar-refractivity contribution in [2.75, 3.05) is 42.6 Å². The van der Waals surface area contributed by atoms with E-state index in [1.54, 1.807) is 32.9 Å². The van der Waals surface area contributed by atoms with E-state index in [4.69, 9.17) is 21.1 Å². The summed E-state index contributed by atoms with van der Waals surface area (Å²) in [6.45, 7) is 5.20. The highest BCUT2D eigenvalue weighted by Gasteiger charge is 2.74. The van der Waals surface area contributed by atoms with Gasteiger partial charge in [-0.05, 0) is 69.5 Å². The Labute approximate surface area is 262 Å². The summed E-state index contributed by atoms with van der Waals surface area (Å²) in [5.74, 6) is -1.89. The van der Waals surface area contributed by atoms with Gasteiger partial charge in [-0.1, -0.05) is 48.0 Å². The van der Waals surface area contributed by atoms with Gasteiger partial charge in [-0.15, -0.1) is 0 Å². The van der Waals surface area contributed by atoms with Crippen LogP contribution in [0.4, 0.5) is 11.4 Å². The molecule has 44 heavy (non-hydrogen) atoms. The molecule has 3 amide bonds. The Morgan fingerprint density at radius 2 is 1.64 bits per heavy atom. The minimum Gasteiger partial charge on any atom is -0.494 e. The van der Waals surface area contributed by atoms with Crippen LogP contribution < -0.4 is 14.5 Å². The molecule has 4 aliphatic rings. The van der Waals surface area contributed by atoms with E-state index >= 15 is 0 Å². The molecule has 0 saturated carbocycles. The molecule has 9 nitrogen and oxygen atoms in total. The minimum atomic E-state index is -1.36. The predicted molar refractivity (Wildman–Crippen MR) is 168 cm³/mol. The zero-order valence-corrected chi connectivity index (χ0v) is 25.8. The SMILES string of the molecule is CCOc1ccc(N2CC=C[C@@]3(C)O[C@]45C=CCN(c6ccccc6Cl)C(=O)C4N(CCCCCO)C(=O)[C@@H]5[C@H]3C2=O)cc1. The Bertz CT molecular complexity index is 1490. The molecule has 0 aromatic heterocycles. The average Bonchev–Trinajstić information content (AvgIpc) is 3.27. The number of nitrogens with zero attached hydrogens (tertiary/aromatic N) is 3. The van der Waals surface area contributed by atoms with Gasteiger partial charge in [-0.2, -0.15) is 0 Å². The molecule has 1 spiro atoms. The molecule has 0 aliphatic carbocycles. The van der Waals surface area contributed by atoms with Crippen LogP contribution in [0.15, 0.2) is 72.8 Å². The van der Waals surface area contributed by atoms with Crippen molar-refractivity contribution in [1.29, 1.82) is 0 Å². The van der Waals surface area contributed by atoms with Crippen molar-refractivity contribution in [3.63, 3.8) is 0 Å². The number of ether oxygens (including phenoxy) is 2. The Kier molecular flexibility index (Phi) is 8.30. The third-order valence-corrected chi connectivity index (χ3v) is 9.54. The molecule has 2 fully saturated rings. The van der Waals surface area contributed by atoms with Crippen LogP contribution >= 0.6 is 11.6 Å². The lowest BCUT2D eigenvalue weighted by molar-refractivity contribution is -0.144. The van der Waals surface area contributed by atoms with E-state index in [1.165, 1.54) is 0 Å². The molecule has 2 aromatic rings. The number of carbonyl (C=O) groups excluding carboxylic acids is 3. The molecule has 2 saturated heterocycles. The van der Waals surface area contributed by atoms with Crippen molar-refractivity contribution in [3.05, 3.63) is 77.9 Å². The molecule has 6 rings (SSSR count). The second-order valence-electron chi connectivity index (χ2n) is 11.9. The van der Waals surface area contributed by atoms with Gasteiger partial charge in [-0.3, -0.25) is 14.4 Å². The number of halogens is 1. The number of hydrogen-bond acceptors (Lipinski definition) is 6. The number of anilines is 2. The molecule has 1 N–H and O–H groups in total. The van der Waals surface area contributed by atoms with Crippen LogP contribution in [0.1, 0.15) is 33.1 Å². The summed E-state index contributed by atoms with van der Waals surface area (Å²) in [5, 5.41) is 9.75. The Hall–Kier alpha value is -3.66. The van der Waals surface area contributed by atoms with E-state index in [9.17, 15) is 19.5 Å². The smallest absolute Gasteiger partial charge is 0.253 e. The lowest BCUT2D eigenvalue weighted by Gasteiger charge is -2.37. The molecule has 2 aromatic carbocycles. The zero-order valence-electron chi connectivity index (χ0n) is 25.0. The second-order valence-corrected chi connectivity index (χ2v) is 12.3. The van der Waals surface area contributed by atoms with E-state index < -0.39 is 29.1 Å². The standard InChI is InChI=1S/C34H38ClN3O6/c1-3-43-24-15-13-23(14-16-24)36-20-9-17-33(2)27(30(36)40)28-31(41)38(19-7-4-8-22-39)29-32(42)37(21-10-18-34(28,29)44-33)26-12-6-5-11-25(26)35/h5-6,9-18,27-29,39H,3-4,7-8,19-22H2,1-2H3/t27-,28-,29?,33+,34-/m0/s1. The first kappa shape index (κ1) is 30.4. The molecule has 10 heteroatoms. The van der Waals surface area contributed by atoms with Gasteiger partial charge in [-0.25, -0.2) is 0 Å². The van der Waals surface area contributed by atoms with Crippen molar-refractivity contribution < 1.29 is 29.0 Å². The lowest BCUT2D eigenvalue weighted by atomic mass is 9.74. The Morgan fingerprint density at radius 3 is 2.36 bits per heavy atom. The molecular formula is C34H38ClN3O6. The summed E-state index contributed by atoms with van der Waals surface area (Å²) < 4.78 is 12.5. The van der Waals surface area contributed by atoms with Crippen molar-refractivity contribution in [2.24, 2.45) is 11.8 Å². The van der Waals surface area contributed by atoms with Crippen LogP contribution in [0.5, 0.6) is 5.75 Å². The first-order valence-electron chi connectivity index (χ1n) is 15.3. The molecule has 4 aliphatic heterocycles. The number of likely N-dealkylation sites (tertiary alicyclic amines) is 1. The fourth-order valence-corrected chi connectivity index (χ4v) is 7.58. The number of fused-ring (bicyclic) bond motifs is 2. The number of aliphatic hydroxyl groups is 1. The third kappa shape index (κ3) is 4.91. The van der Waals surface area contributed by atoms with Gasteiger partial charge in [0.1, 0.15) is 17.4 Å². The number of unbranched alkanes of at least 4 members (excludes halogenated alkanes) is 2. The van der Waals surface area contributed by atoms with Gasteiger partial charge in [0.05, 0.1) is 34.8 Å². The summed E-state index contributed by atoms with van der Waals surface area (Å²) in [6.07, 6.45) is 9.35. The quantitative estimate of drug-likeness (QED) is 0.330. The first-order chi connectivity index (χ1) is 21.3. The minimum absolute atomic E-state index is 0.0532. The number of para-hydroxylation sites is 1. The van der Waals surface area contributed by atoms with Crippen molar-refractivity contribution >= 4 is 40.7 Å². The number of aliphatic hydroxyl groups excluding tert-OH is 1. The fraction of sp³-hybridized carbons (Fsp3) is 0.441. The summed E-state index contributed by atoms with van der Waals surface area (Å²) >= 11 is 6.55. The van der Waals surface area contributed by atoms with E-state index in [0.717, 1.165) is 0 Å². The maximum absolute atomic E-state index is 14.6. The van der Waals surface area contributed by atoms with Crippen molar-refractivity contribution in [2.45, 2.75) is 50.4 Å². The molecule has 0 radical (unpaired) electrons. The van der Waals surface area contributed by atoms with Gasteiger partial charge >= 0.3 is 0 Å². The number of amides is 3. The predicted octanol–water partition coefficient (Wildman–Crippen LogP) is 4.38. The molecule has 232 valence electrons. The number of carbonyl (C=O) groups is 3. The topological polar surface area (TPSA) is 99.6 Å². The van der Waals surface area contributed by atoms with E-state index in [2.05, 4.69) is 0 Å². The molecular weight excluding hydrogens is 582 g/mol. The summed E-state index contributed by atoms with van der Waals surface area (Å²) in [5.41, 5.74) is -1.24. The number of hydrogen-bond donors (Lipinski definition) is 1. The first-order valence-corrected chi connectivity index (χ1v) is 15.7. The van der Waals surface area contributed by atoms with Crippen molar-refractivity contribution in [1.82, 2.24) is 4.90 Å². The van der Waals surface area contributed by atoms with E-state index in [1.807, 2.05) is 68.5 Å². The maximum atomic E-state index is 14.6. The summed E-state index contributed by atoms with van der Waals surface area (Å²) in [6, 6.07) is 13.5. The van der Waals surface area contributed by atoms with Gasteiger partial charge in [0.15, 0.2) is 0 Å². The summed E-state index contributed by atoms with van der Waals surface area (Å²) in [7, 11) is 0. The Morgan fingerprint density at radius 1 is 0.909 bits per heavy atom. The molecule has 5 atom stereocenters. The Balaban J connectivity index is 1.42. The monoisotopic (exact) mass is 619 g/mol. The normalized spacial score (nSPS) is 29.4. The van der Waals surface area contributed by atoms with Crippen molar-refractivity contribution in [3.8, 4) is 5.75 Å². The number of rotatable bonds is 9. The highest BCUT2D eigenvalue weighted by molar-refractivity contribution is 6.34. The van der Waals surface area contributed by atoms with Crippen LogP contribution in [0.25, 0.3) is 0 Å². The highest BCUT2D eigenvalue weighted by Crippen LogP contribution is 2.58. The largest absolute Gasteiger partial charge is 0.494 e. The van der Waals surface area contributed by atoms with Crippen LogP contribution in [0, 0.1) is 11.8 Å². The highest BCUT2D eigenvalue weighted by atomic mass is 35.5. The molecule has 4 heterocycles. The van der Waals surface area contributed by atoms with Crippen LogP contribution in [0.3, 0.4) is 0 Å². The second kappa shape index (κ2) is 12.0. The van der Waals surface area contributed by atoms with Gasteiger partial charge in [0.2, 0.25) is 11.8 Å². The van der Waals surface area contributed by atoms with Crippen LogP contribution in [-0.2, 0) is 19.1 Å². The van der Waals surface area contributed by atoms with Crippen LogP contribution in [0.2, 0.25) is 5.02 Å². The van der Waals surface area contributed by atoms with Gasteiger partial charge < -0.3 is 29.3 Å². The molecule has 0 bridgehead atoms. The maximum Gasteiger partial charge on any atom is 0.253 e. The van der Waals surface area contributed by atoms with E-state index in [0.29, 0.717) is 61.1 Å². The van der Waals surface area contributed by atoms with Gasteiger partial charge in [0.25, 0.3) is 5.91 Å².